The van der Waals surface area contributed by atoms with Crippen LogP contribution in [-0.4, -0.2) is 50.0 Å². The molecule has 0 aromatic carbocycles. The molecule has 0 spiro atoms. The van der Waals surface area contributed by atoms with E-state index in [1.54, 1.807) is 12.4 Å². The maximum atomic E-state index is 12.9. The first kappa shape index (κ1) is 22.3. The monoisotopic (exact) mass is 440 g/mol. The molecule has 0 bridgehead atoms. The fourth-order valence-electron chi connectivity index (χ4n) is 3.18. The van der Waals surface area contributed by atoms with Crippen LogP contribution in [0.3, 0.4) is 0 Å². The van der Waals surface area contributed by atoms with Gasteiger partial charge in [0.15, 0.2) is 0 Å². The van der Waals surface area contributed by atoms with E-state index in [0.29, 0.717) is 19.5 Å². The topological polar surface area (TPSA) is 75.9 Å². The number of amides is 1. The Morgan fingerprint density at radius 3 is 2.86 bits per heavy atom. The van der Waals surface area contributed by atoms with Gasteiger partial charge in [-0.1, -0.05) is 6.07 Å². The number of aromatic nitrogens is 4. The van der Waals surface area contributed by atoms with Crippen molar-refractivity contribution in [2.45, 2.75) is 12.5 Å². The Hall–Kier alpha value is -2.00. The third-order valence-corrected chi connectivity index (χ3v) is 5.40. The molecule has 1 saturated heterocycles. The standard InChI is InChI=1S/C18H20N6OS.2ClH/c1-23-8-7-21-17(23)15-11-19-6-9-24(15)16(25)10-13-12-26-18(22-13)14-4-2-3-5-20-14;;/h2-5,7-8,12,15,19H,6,9-11H2,1H3;2*1H. The van der Waals surface area contributed by atoms with E-state index in [0.717, 1.165) is 28.8 Å². The Morgan fingerprint density at radius 1 is 1.29 bits per heavy atom. The van der Waals surface area contributed by atoms with Crippen molar-refractivity contribution in [1.82, 2.24) is 29.7 Å². The van der Waals surface area contributed by atoms with Crippen LogP contribution in [0.5, 0.6) is 0 Å². The zero-order chi connectivity index (χ0) is 17.9. The van der Waals surface area contributed by atoms with Gasteiger partial charge >= 0.3 is 0 Å². The van der Waals surface area contributed by atoms with Gasteiger partial charge in [-0.15, -0.1) is 36.2 Å². The number of thiazole rings is 1. The van der Waals surface area contributed by atoms with Gasteiger partial charge in [0.2, 0.25) is 5.91 Å². The van der Waals surface area contributed by atoms with Crippen LogP contribution in [0.4, 0.5) is 0 Å². The lowest BCUT2D eigenvalue weighted by molar-refractivity contribution is -0.134. The number of aryl methyl sites for hydroxylation is 1. The van der Waals surface area contributed by atoms with Gasteiger partial charge in [0.25, 0.3) is 0 Å². The first-order valence-corrected chi connectivity index (χ1v) is 9.43. The van der Waals surface area contributed by atoms with E-state index in [4.69, 9.17) is 0 Å². The van der Waals surface area contributed by atoms with E-state index in [1.165, 1.54) is 11.3 Å². The number of nitrogens with one attached hydrogen (secondary N) is 1. The number of hydrogen-bond acceptors (Lipinski definition) is 6. The molecular weight excluding hydrogens is 419 g/mol. The van der Waals surface area contributed by atoms with Gasteiger partial charge < -0.3 is 14.8 Å². The molecule has 4 rings (SSSR count). The Kier molecular flexibility index (Phi) is 7.94. The van der Waals surface area contributed by atoms with Crippen LogP contribution in [0.25, 0.3) is 10.7 Å². The molecule has 0 radical (unpaired) electrons. The minimum Gasteiger partial charge on any atom is -0.336 e. The molecule has 10 heteroatoms. The highest BCUT2D eigenvalue weighted by Gasteiger charge is 2.30. The third-order valence-electron chi connectivity index (χ3n) is 4.49. The van der Waals surface area contributed by atoms with Gasteiger partial charge in [-0.05, 0) is 12.1 Å². The summed E-state index contributed by atoms with van der Waals surface area (Å²) in [5.74, 6) is 0.982. The van der Waals surface area contributed by atoms with Crippen LogP contribution in [0.1, 0.15) is 17.6 Å². The molecule has 0 aliphatic carbocycles. The minimum atomic E-state index is -0.0508. The lowest BCUT2D eigenvalue weighted by Crippen LogP contribution is -2.49. The Balaban J connectivity index is 0.00000140. The smallest absolute Gasteiger partial charge is 0.229 e. The second-order valence-electron chi connectivity index (χ2n) is 6.24. The molecule has 7 nitrogen and oxygen atoms in total. The zero-order valence-corrected chi connectivity index (χ0v) is 17.8. The van der Waals surface area contributed by atoms with Gasteiger partial charge in [-0.2, -0.15) is 0 Å². The van der Waals surface area contributed by atoms with E-state index >= 15 is 0 Å². The number of pyridine rings is 1. The fraction of sp³-hybridized carbons (Fsp3) is 0.333. The molecule has 1 aliphatic rings. The first-order chi connectivity index (χ1) is 12.7. The van der Waals surface area contributed by atoms with Crippen LogP contribution in [0, 0.1) is 0 Å². The molecule has 3 aromatic heterocycles. The largest absolute Gasteiger partial charge is 0.336 e. The van der Waals surface area contributed by atoms with Crippen molar-refractivity contribution in [3.8, 4) is 10.7 Å². The molecule has 1 aliphatic heterocycles. The fourth-order valence-corrected chi connectivity index (χ4v) is 3.98. The summed E-state index contributed by atoms with van der Waals surface area (Å²) < 4.78 is 1.97. The average Bonchev–Trinajstić information content (AvgIpc) is 3.31. The van der Waals surface area contributed by atoms with Gasteiger partial charge in [-0.25, -0.2) is 9.97 Å². The highest BCUT2D eigenvalue weighted by atomic mass is 35.5. The summed E-state index contributed by atoms with van der Waals surface area (Å²) in [5.41, 5.74) is 1.63. The summed E-state index contributed by atoms with van der Waals surface area (Å²) in [6.07, 6.45) is 5.72. The van der Waals surface area contributed by atoms with Gasteiger partial charge in [0.05, 0.1) is 17.8 Å². The van der Waals surface area contributed by atoms with E-state index in [2.05, 4.69) is 20.3 Å². The van der Waals surface area contributed by atoms with Crippen LogP contribution in [-0.2, 0) is 18.3 Å². The number of halogens is 2. The molecule has 1 N–H and O–H groups in total. The van der Waals surface area contributed by atoms with Gasteiger partial charge in [-0.3, -0.25) is 9.78 Å². The van der Waals surface area contributed by atoms with Crippen molar-refractivity contribution in [3.05, 3.63) is 53.7 Å². The van der Waals surface area contributed by atoms with Crippen LogP contribution >= 0.6 is 36.2 Å². The van der Waals surface area contributed by atoms with Crippen molar-refractivity contribution in [1.29, 1.82) is 0 Å². The summed E-state index contributed by atoms with van der Waals surface area (Å²) >= 11 is 1.52. The van der Waals surface area contributed by atoms with E-state index in [-0.39, 0.29) is 36.8 Å². The highest BCUT2D eigenvalue weighted by molar-refractivity contribution is 7.13. The number of rotatable bonds is 4. The number of carbonyl (C=O) groups is 1. The quantitative estimate of drug-likeness (QED) is 0.674. The summed E-state index contributed by atoms with van der Waals surface area (Å²) in [6.45, 7) is 2.18. The second-order valence-corrected chi connectivity index (χ2v) is 7.10. The summed E-state index contributed by atoms with van der Waals surface area (Å²) in [7, 11) is 1.96. The molecule has 1 fully saturated rings. The molecule has 150 valence electrons. The van der Waals surface area contributed by atoms with Crippen molar-refractivity contribution in [2.75, 3.05) is 19.6 Å². The number of carbonyl (C=O) groups excluding carboxylic acids is 1. The Morgan fingerprint density at radius 2 is 2.14 bits per heavy atom. The number of imidazole rings is 1. The number of nitrogens with zero attached hydrogens (tertiary/aromatic N) is 5. The normalized spacial score (nSPS) is 16.2. The van der Waals surface area contributed by atoms with Crippen LogP contribution in [0.15, 0.2) is 42.2 Å². The van der Waals surface area contributed by atoms with Crippen LogP contribution in [0.2, 0.25) is 0 Å². The van der Waals surface area contributed by atoms with Crippen LogP contribution < -0.4 is 5.32 Å². The zero-order valence-electron chi connectivity index (χ0n) is 15.3. The lowest BCUT2D eigenvalue weighted by Gasteiger charge is -2.35. The molecule has 1 atom stereocenters. The molecule has 4 heterocycles. The summed E-state index contributed by atoms with van der Waals surface area (Å²) in [6, 6.07) is 5.69. The van der Waals surface area contributed by atoms with Crippen molar-refractivity contribution in [2.24, 2.45) is 7.05 Å². The van der Waals surface area contributed by atoms with Gasteiger partial charge in [0, 0.05) is 50.7 Å². The molecular formula is C18H22Cl2N6OS. The Labute approximate surface area is 180 Å². The predicted molar refractivity (Wildman–Crippen MR) is 114 cm³/mol. The third kappa shape index (κ3) is 4.70. The SMILES string of the molecule is Cl.Cl.Cn1ccnc1C1CNCCN1C(=O)Cc1csc(-c2ccccn2)n1. The van der Waals surface area contributed by atoms with Crippen molar-refractivity contribution in [3.63, 3.8) is 0 Å². The molecule has 1 amide bonds. The molecule has 28 heavy (non-hydrogen) atoms. The van der Waals surface area contributed by atoms with Gasteiger partial charge in [0.1, 0.15) is 16.9 Å². The molecule has 1 unspecified atom stereocenters. The Bertz CT molecular complexity index is 900. The first-order valence-electron chi connectivity index (χ1n) is 8.55. The van der Waals surface area contributed by atoms with Crippen molar-refractivity contribution >= 4 is 42.1 Å². The molecule has 3 aromatic rings. The predicted octanol–water partition coefficient (Wildman–Crippen LogP) is 2.50. The van der Waals surface area contributed by atoms with E-state index < -0.39 is 0 Å². The highest BCUT2D eigenvalue weighted by Crippen LogP contribution is 2.24. The maximum Gasteiger partial charge on any atom is 0.229 e. The number of hydrogen-bond donors (Lipinski definition) is 1. The van der Waals surface area contributed by atoms with E-state index in [9.17, 15) is 4.79 Å². The second kappa shape index (κ2) is 9.97. The summed E-state index contributed by atoms with van der Waals surface area (Å²) in [4.78, 5) is 28.2. The van der Waals surface area contributed by atoms with E-state index in [1.807, 2.05) is 46.3 Å². The molecule has 0 saturated carbocycles. The summed E-state index contributed by atoms with van der Waals surface area (Å²) in [5, 5.41) is 6.14. The number of piperazine rings is 1. The minimum absolute atomic E-state index is 0. The maximum absolute atomic E-state index is 12.9. The van der Waals surface area contributed by atoms with Crippen molar-refractivity contribution < 1.29 is 4.79 Å². The lowest BCUT2D eigenvalue weighted by atomic mass is 10.1. The average molecular weight is 441 g/mol.